The number of aryl methyl sites for hydroxylation is 1. The number of amides is 1. The number of alkyl halides is 3. The largest absolute Gasteiger partial charge is 0.402 e. The Morgan fingerprint density at radius 3 is 2.30 bits per heavy atom. The van der Waals surface area contributed by atoms with E-state index in [1.165, 1.54) is 40.8 Å². The molecule has 3 saturated heterocycles. The molecule has 1 unspecified atom stereocenters. The fourth-order valence-electron chi connectivity index (χ4n) is 8.68. The number of fused-ring (bicyclic) bond motifs is 3. The number of rotatable bonds is 9. The third-order valence-corrected chi connectivity index (χ3v) is 13.1. The Bertz CT molecular complexity index is 1970. The first-order valence-corrected chi connectivity index (χ1v) is 19.1. The number of carbonyl (C=O) groups is 1. The van der Waals surface area contributed by atoms with E-state index in [4.69, 9.17) is 16.6 Å². The molecule has 3 atom stereocenters. The van der Waals surface area contributed by atoms with Crippen molar-refractivity contribution in [2.24, 2.45) is 0 Å². The highest BCUT2D eigenvalue weighted by atomic mass is 35.5. The van der Waals surface area contributed by atoms with Gasteiger partial charge in [0.15, 0.2) is 0 Å². The minimum Gasteiger partial charge on any atom is -0.339 e. The maximum atomic E-state index is 13.7. The van der Waals surface area contributed by atoms with Gasteiger partial charge in [-0.25, -0.2) is 18.1 Å². The first-order valence-electron chi connectivity index (χ1n) is 17.2. The summed E-state index contributed by atoms with van der Waals surface area (Å²) in [4.78, 5) is 22.4. The zero-order valence-electron chi connectivity index (χ0n) is 27.9. The lowest BCUT2D eigenvalue weighted by Gasteiger charge is -2.45. The molecule has 0 radical (unpaired) electrons. The fraction of sp³-hybridized carbons (Fsp3) is 0.459. The van der Waals surface area contributed by atoms with Crippen molar-refractivity contribution in [1.82, 2.24) is 24.1 Å². The highest BCUT2D eigenvalue weighted by molar-refractivity contribution is 7.89. The second-order valence-electron chi connectivity index (χ2n) is 14.0. The van der Waals surface area contributed by atoms with Gasteiger partial charge in [-0.2, -0.15) is 13.2 Å². The van der Waals surface area contributed by atoms with Crippen LogP contribution in [-0.4, -0.2) is 78.1 Å². The standard InChI is InChI=1S/C37H41ClF3N5O3S/c1-25-43-32-9-5-6-10-33(32)46(25)30-22-28-12-13-29(23-30)45(28)20-17-36(27-7-3-2-4-8-27)15-18-44(19-16-36)35(47)26-11-14-31(38)34(21-26)50(48,49)42-24-37(39,40)41/h2-11,14,21,28-30,42H,12-13,15-20,22-24H2,1H3/t28-,29+,30?. The van der Waals surface area contributed by atoms with Crippen LogP contribution in [0.15, 0.2) is 77.7 Å². The van der Waals surface area contributed by atoms with Crippen LogP contribution in [0.5, 0.6) is 0 Å². The average molecular weight is 728 g/mol. The Balaban J connectivity index is 1.04. The number of benzene rings is 3. The molecule has 3 aliphatic rings. The van der Waals surface area contributed by atoms with E-state index in [2.05, 4.69) is 58.9 Å². The van der Waals surface area contributed by atoms with Crippen LogP contribution in [-0.2, 0) is 15.4 Å². The first kappa shape index (κ1) is 35.0. The van der Waals surface area contributed by atoms with E-state index >= 15 is 0 Å². The van der Waals surface area contributed by atoms with Gasteiger partial charge in [0.1, 0.15) is 17.3 Å². The Morgan fingerprint density at radius 2 is 1.62 bits per heavy atom. The van der Waals surface area contributed by atoms with Gasteiger partial charge in [-0.05, 0) is 99.7 Å². The van der Waals surface area contributed by atoms with E-state index in [1.54, 1.807) is 4.90 Å². The van der Waals surface area contributed by atoms with Crippen molar-refractivity contribution in [2.75, 3.05) is 26.2 Å². The summed E-state index contributed by atoms with van der Waals surface area (Å²) in [6, 6.07) is 24.0. The van der Waals surface area contributed by atoms with Gasteiger partial charge < -0.3 is 9.47 Å². The van der Waals surface area contributed by atoms with E-state index in [9.17, 15) is 26.4 Å². The van der Waals surface area contributed by atoms with Crippen molar-refractivity contribution in [2.45, 2.75) is 86.5 Å². The van der Waals surface area contributed by atoms with Crippen LogP contribution in [0.1, 0.15) is 72.7 Å². The normalized spacial score (nSPS) is 22.7. The molecule has 1 N–H and O–H groups in total. The summed E-state index contributed by atoms with van der Waals surface area (Å²) in [6.45, 7) is 2.27. The summed E-state index contributed by atoms with van der Waals surface area (Å²) in [5.41, 5.74) is 3.44. The number of carbonyl (C=O) groups excluding carboxylic acids is 1. The molecule has 3 aliphatic heterocycles. The lowest BCUT2D eigenvalue weighted by Crippen LogP contribution is -2.49. The molecule has 0 spiro atoms. The molecule has 4 heterocycles. The van der Waals surface area contributed by atoms with Crippen LogP contribution in [0.2, 0.25) is 5.02 Å². The summed E-state index contributed by atoms with van der Waals surface area (Å²) >= 11 is 6.08. The van der Waals surface area contributed by atoms with Gasteiger partial charge in [0.25, 0.3) is 5.91 Å². The van der Waals surface area contributed by atoms with Crippen LogP contribution in [0.4, 0.5) is 13.2 Å². The molecule has 8 nitrogen and oxygen atoms in total. The number of nitrogens with zero attached hydrogens (tertiary/aromatic N) is 4. The van der Waals surface area contributed by atoms with E-state index in [-0.39, 0.29) is 21.9 Å². The molecular weight excluding hydrogens is 687 g/mol. The molecule has 1 aromatic heterocycles. The fourth-order valence-corrected chi connectivity index (χ4v) is 10.2. The molecule has 3 aromatic carbocycles. The monoisotopic (exact) mass is 727 g/mol. The van der Waals surface area contributed by atoms with E-state index in [1.807, 2.05) is 12.1 Å². The first-order chi connectivity index (χ1) is 23.8. The molecule has 0 aliphatic carbocycles. The number of nitrogens with one attached hydrogen (secondary N) is 1. The molecule has 2 bridgehead atoms. The van der Waals surface area contributed by atoms with Crippen LogP contribution < -0.4 is 4.72 Å². The number of hydrogen-bond donors (Lipinski definition) is 1. The zero-order valence-corrected chi connectivity index (χ0v) is 29.4. The van der Waals surface area contributed by atoms with Gasteiger partial charge in [-0.15, -0.1) is 0 Å². The third kappa shape index (κ3) is 6.91. The predicted octanol–water partition coefficient (Wildman–Crippen LogP) is 7.27. The molecule has 4 aromatic rings. The Kier molecular flexibility index (Phi) is 9.51. The number of halogens is 4. The van der Waals surface area contributed by atoms with Gasteiger partial charge in [0, 0.05) is 36.8 Å². The number of piperidine rings is 2. The van der Waals surface area contributed by atoms with Gasteiger partial charge in [0.05, 0.1) is 16.1 Å². The molecule has 13 heteroatoms. The minimum atomic E-state index is -4.74. The molecule has 3 fully saturated rings. The SMILES string of the molecule is Cc1nc2ccccc2n1C1C[C@H]2CC[C@@H](C1)N2CCC1(c2ccccc2)CCN(C(=O)c2ccc(Cl)c(S(=O)(=O)NCC(F)(F)F)c2)CC1. The Morgan fingerprint density at radius 1 is 0.960 bits per heavy atom. The van der Waals surface area contributed by atoms with Crippen molar-refractivity contribution in [3.05, 3.63) is 94.8 Å². The second-order valence-corrected chi connectivity index (χ2v) is 16.2. The van der Waals surface area contributed by atoms with Crippen molar-refractivity contribution < 1.29 is 26.4 Å². The molecular formula is C37H41ClF3N5O3S. The maximum Gasteiger partial charge on any atom is 0.402 e. The number of para-hydroxylation sites is 2. The topological polar surface area (TPSA) is 87.5 Å². The van der Waals surface area contributed by atoms with Gasteiger partial charge in [0.2, 0.25) is 10.0 Å². The van der Waals surface area contributed by atoms with Crippen LogP contribution >= 0.6 is 11.6 Å². The van der Waals surface area contributed by atoms with Crippen molar-refractivity contribution >= 4 is 38.6 Å². The lowest BCUT2D eigenvalue weighted by molar-refractivity contribution is -0.121. The number of imidazole rings is 1. The van der Waals surface area contributed by atoms with Crippen LogP contribution in [0, 0.1) is 6.92 Å². The third-order valence-electron chi connectivity index (χ3n) is 11.2. The molecule has 266 valence electrons. The molecule has 0 saturated carbocycles. The maximum absolute atomic E-state index is 13.7. The number of sulfonamides is 1. The van der Waals surface area contributed by atoms with E-state index in [0.29, 0.717) is 31.2 Å². The summed E-state index contributed by atoms with van der Waals surface area (Å²) in [5.74, 6) is 0.695. The van der Waals surface area contributed by atoms with Crippen molar-refractivity contribution in [3.63, 3.8) is 0 Å². The van der Waals surface area contributed by atoms with Crippen LogP contribution in [0.3, 0.4) is 0 Å². The summed E-state index contributed by atoms with van der Waals surface area (Å²) < 4.78 is 67.5. The van der Waals surface area contributed by atoms with E-state index < -0.39 is 27.6 Å². The van der Waals surface area contributed by atoms with Crippen molar-refractivity contribution in [1.29, 1.82) is 0 Å². The summed E-state index contributed by atoms with van der Waals surface area (Å²) in [7, 11) is -4.60. The molecule has 7 rings (SSSR count). The second kappa shape index (κ2) is 13.6. The van der Waals surface area contributed by atoms with Crippen LogP contribution in [0.25, 0.3) is 11.0 Å². The number of likely N-dealkylation sites (tertiary alicyclic amines) is 1. The average Bonchev–Trinajstić information content (AvgIpc) is 3.56. The molecule has 1 amide bonds. The van der Waals surface area contributed by atoms with Gasteiger partial charge in [-0.1, -0.05) is 54.1 Å². The summed E-state index contributed by atoms with van der Waals surface area (Å²) in [5, 5.41) is -0.260. The summed E-state index contributed by atoms with van der Waals surface area (Å²) in [6.07, 6.45) is 2.28. The quantitative estimate of drug-likeness (QED) is 0.196. The highest BCUT2D eigenvalue weighted by Gasteiger charge is 2.44. The lowest BCUT2D eigenvalue weighted by atomic mass is 9.70. The Hall–Kier alpha value is -3.45. The Labute approximate surface area is 295 Å². The smallest absolute Gasteiger partial charge is 0.339 e. The van der Waals surface area contributed by atoms with Gasteiger partial charge >= 0.3 is 6.18 Å². The van der Waals surface area contributed by atoms with Gasteiger partial charge in [-0.3, -0.25) is 9.69 Å². The minimum absolute atomic E-state index is 0.0642. The van der Waals surface area contributed by atoms with Crippen molar-refractivity contribution in [3.8, 4) is 0 Å². The molecule has 50 heavy (non-hydrogen) atoms. The number of hydrogen-bond acceptors (Lipinski definition) is 5. The number of aromatic nitrogens is 2. The highest BCUT2D eigenvalue weighted by Crippen LogP contribution is 2.45. The zero-order chi connectivity index (χ0) is 35.3. The predicted molar refractivity (Wildman–Crippen MR) is 187 cm³/mol. The van der Waals surface area contributed by atoms with E-state index in [0.717, 1.165) is 56.1 Å².